The molecule has 0 aromatic carbocycles. The van der Waals surface area contributed by atoms with Gasteiger partial charge in [-0.1, -0.05) is 5.21 Å². The van der Waals surface area contributed by atoms with Crippen LogP contribution in [0, 0.1) is 0 Å². The molecule has 2 heterocycles. The summed E-state index contributed by atoms with van der Waals surface area (Å²) in [5.41, 5.74) is 1.18. The zero-order valence-corrected chi connectivity index (χ0v) is 4.98. The van der Waals surface area contributed by atoms with Gasteiger partial charge in [-0.15, -0.1) is 5.10 Å². The standard InChI is InChI=1S/C5H4N4O/c10-3-4-1-2-5-6-7-8-9(4)5/h1-3H,(H,6,8). The Morgan fingerprint density at radius 2 is 2.50 bits per heavy atom. The van der Waals surface area contributed by atoms with Crippen LogP contribution >= 0.6 is 0 Å². The fraction of sp³-hybridized carbons (Fsp3) is 0. The molecule has 0 atom stereocenters. The molecule has 0 aliphatic carbocycles. The summed E-state index contributed by atoms with van der Waals surface area (Å²) in [5.74, 6) is 0. The van der Waals surface area contributed by atoms with Crippen molar-refractivity contribution in [3.8, 4) is 0 Å². The molecule has 5 heteroatoms. The van der Waals surface area contributed by atoms with Crippen LogP contribution in [-0.4, -0.2) is 26.3 Å². The first kappa shape index (κ1) is 5.16. The quantitative estimate of drug-likeness (QED) is 0.555. The minimum atomic E-state index is 0.528. The molecule has 0 spiro atoms. The number of aldehydes is 1. The van der Waals surface area contributed by atoms with Crippen LogP contribution in [0.15, 0.2) is 12.1 Å². The normalized spacial score (nSPS) is 10.4. The van der Waals surface area contributed by atoms with Crippen LogP contribution < -0.4 is 0 Å². The van der Waals surface area contributed by atoms with E-state index in [1.165, 1.54) is 4.52 Å². The van der Waals surface area contributed by atoms with E-state index in [-0.39, 0.29) is 0 Å². The van der Waals surface area contributed by atoms with Crippen LogP contribution in [0.5, 0.6) is 0 Å². The highest BCUT2D eigenvalue weighted by molar-refractivity contribution is 5.74. The number of hydrogen-bond acceptors (Lipinski definition) is 3. The first-order chi connectivity index (χ1) is 4.92. The van der Waals surface area contributed by atoms with Crippen LogP contribution in [0.2, 0.25) is 0 Å². The molecule has 0 unspecified atom stereocenters. The molecular weight excluding hydrogens is 132 g/mol. The van der Waals surface area contributed by atoms with Gasteiger partial charge in [-0.3, -0.25) is 4.79 Å². The Hall–Kier alpha value is -1.65. The molecule has 2 aromatic rings. The van der Waals surface area contributed by atoms with Crippen LogP contribution in [0.25, 0.3) is 5.65 Å². The maximum atomic E-state index is 10.3. The third-order valence-electron chi connectivity index (χ3n) is 1.31. The summed E-state index contributed by atoms with van der Waals surface area (Å²) < 4.78 is 1.51. The van der Waals surface area contributed by atoms with Gasteiger partial charge in [0, 0.05) is 0 Å². The smallest absolute Gasteiger partial charge is 0.177 e. The second kappa shape index (κ2) is 1.66. The highest BCUT2D eigenvalue weighted by Crippen LogP contribution is 2.00. The Bertz CT molecular complexity index is 360. The molecule has 2 rings (SSSR count). The van der Waals surface area contributed by atoms with Crippen molar-refractivity contribution in [1.82, 2.24) is 20.0 Å². The average molecular weight is 136 g/mol. The van der Waals surface area contributed by atoms with Crippen molar-refractivity contribution >= 4 is 11.9 Å². The maximum absolute atomic E-state index is 10.3. The Morgan fingerprint density at radius 1 is 1.60 bits per heavy atom. The van der Waals surface area contributed by atoms with E-state index in [1.54, 1.807) is 12.1 Å². The predicted molar refractivity (Wildman–Crippen MR) is 32.7 cm³/mol. The fourth-order valence-electron chi connectivity index (χ4n) is 0.839. The van der Waals surface area contributed by atoms with Gasteiger partial charge in [-0.25, -0.2) is 4.52 Å². The number of rotatable bonds is 1. The van der Waals surface area contributed by atoms with E-state index >= 15 is 0 Å². The topological polar surface area (TPSA) is 63.0 Å². The SMILES string of the molecule is O=Cc1ccc2nn[nH]n12. The summed E-state index contributed by atoms with van der Waals surface area (Å²) in [7, 11) is 0. The van der Waals surface area contributed by atoms with Crippen LogP contribution in [0.1, 0.15) is 10.5 Å². The summed E-state index contributed by atoms with van der Waals surface area (Å²) in [4.78, 5) is 10.3. The summed E-state index contributed by atoms with van der Waals surface area (Å²) >= 11 is 0. The van der Waals surface area contributed by atoms with Crippen molar-refractivity contribution in [2.75, 3.05) is 0 Å². The van der Waals surface area contributed by atoms with E-state index in [0.717, 1.165) is 6.29 Å². The number of tetrazole rings is 1. The maximum Gasteiger partial charge on any atom is 0.177 e. The molecule has 0 saturated carbocycles. The number of carbonyl (C=O) groups excluding carboxylic acids is 1. The largest absolute Gasteiger partial charge is 0.296 e. The molecule has 1 N–H and O–H groups in total. The highest BCUT2D eigenvalue weighted by atomic mass is 16.1. The molecule has 2 aromatic heterocycles. The van der Waals surface area contributed by atoms with Crippen molar-refractivity contribution in [3.05, 3.63) is 17.8 Å². The van der Waals surface area contributed by atoms with E-state index in [2.05, 4.69) is 15.5 Å². The number of carbonyl (C=O) groups is 1. The second-order valence-electron chi connectivity index (χ2n) is 1.87. The minimum Gasteiger partial charge on any atom is -0.296 e. The van der Waals surface area contributed by atoms with Gasteiger partial charge in [0.15, 0.2) is 11.9 Å². The van der Waals surface area contributed by atoms with Crippen LogP contribution in [0.4, 0.5) is 0 Å². The van der Waals surface area contributed by atoms with Crippen LogP contribution in [-0.2, 0) is 0 Å². The monoisotopic (exact) mass is 136 g/mol. The summed E-state index contributed by atoms with van der Waals surface area (Å²) in [6.07, 6.45) is 0.743. The molecule has 10 heavy (non-hydrogen) atoms. The van der Waals surface area contributed by atoms with Gasteiger partial charge >= 0.3 is 0 Å². The molecule has 0 fully saturated rings. The third kappa shape index (κ3) is 0.485. The summed E-state index contributed by atoms with van der Waals surface area (Å²) in [6, 6.07) is 3.39. The molecule has 5 nitrogen and oxygen atoms in total. The fourth-order valence-corrected chi connectivity index (χ4v) is 0.839. The average Bonchev–Trinajstić information content (AvgIpc) is 2.44. The Morgan fingerprint density at radius 3 is 3.30 bits per heavy atom. The molecule has 0 aliphatic rings. The molecule has 0 amide bonds. The number of aromatic amines is 1. The lowest BCUT2D eigenvalue weighted by molar-refractivity contribution is 0.111. The third-order valence-corrected chi connectivity index (χ3v) is 1.31. The molecular formula is C5H4N4O. The molecule has 0 saturated heterocycles. The zero-order chi connectivity index (χ0) is 6.97. The van der Waals surface area contributed by atoms with Crippen molar-refractivity contribution < 1.29 is 4.79 Å². The Kier molecular flexibility index (Phi) is 0.858. The van der Waals surface area contributed by atoms with Gasteiger partial charge in [0.2, 0.25) is 0 Å². The number of fused-ring (bicyclic) bond motifs is 1. The van der Waals surface area contributed by atoms with E-state index in [0.29, 0.717) is 11.3 Å². The van der Waals surface area contributed by atoms with E-state index < -0.39 is 0 Å². The summed E-state index contributed by atoms with van der Waals surface area (Å²) in [5, 5.41) is 9.73. The highest BCUT2D eigenvalue weighted by Gasteiger charge is 2.00. The Balaban J connectivity index is 2.88. The molecule has 0 bridgehead atoms. The van der Waals surface area contributed by atoms with E-state index in [1.807, 2.05) is 0 Å². The lowest BCUT2D eigenvalue weighted by Crippen LogP contribution is -1.89. The van der Waals surface area contributed by atoms with E-state index in [9.17, 15) is 4.79 Å². The van der Waals surface area contributed by atoms with Crippen LogP contribution in [0.3, 0.4) is 0 Å². The van der Waals surface area contributed by atoms with Gasteiger partial charge < -0.3 is 0 Å². The second-order valence-corrected chi connectivity index (χ2v) is 1.87. The summed E-state index contributed by atoms with van der Waals surface area (Å²) in [6.45, 7) is 0. The molecule has 0 radical (unpaired) electrons. The van der Waals surface area contributed by atoms with Gasteiger partial charge in [0.05, 0.1) is 0 Å². The van der Waals surface area contributed by atoms with Crippen molar-refractivity contribution in [3.63, 3.8) is 0 Å². The zero-order valence-electron chi connectivity index (χ0n) is 4.98. The first-order valence-corrected chi connectivity index (χ1v) is 2.75. The number of aromatic nitrogens is 4. The van der Waals surface area contributed by atoms with Crippen molar-refractivity contribution in [1.29, 1.82) is 0 Å². The van der Waals surface area contributed by atoms with Crippen molar-refractivity contribution in [2.24, 2.45) is 0 Å². The van der Waals surface area contributed by atoms with E-state index in [4.69, 9.17) is 0 Å². The minimum absolute atomic E-state index is 0.528. The number of nitrogens with zero attached hydrogens (tertiary/aromatic N) is 3. The van der Waals surface area contributed by atoms with Gasteiger partial charge in [-0.05, 0) is 12.1 Å². The van der Waals surface area contributed by atoms with Gasteiger partial charge in [0.1, 0.15) is 5.69 Å². The first-order valence-electron chi connectivity index (χ1n) is 2.75. The van der Waals surface area contributed by atoms with Gasteiger partial charge in [-0.2, -0.15) is 5.21 Å². The predicted octanol–water partition coefficient (Wildman–Crippen LogP) is -0.130. The number of nitrogens with one attached hydrogen (secondary N) is 1. The molecule has 0 aliphatic heterocycles. The van der Waals surface area contributed by atoms with Crippen molar-refractivity contribution in [2.45, 2.75) is 0 Å². The Labute approximate surface area is 55.6 Å². The van der Waals surface area contributed by atoms with Gasteiger partial charge in [0.25, 0.3) is 0 Å². The number of hydrogen-bond donors (Lipinski definition) is 1. The molecule has 50 valence electrons. The lowest BCUT2D eigenvalue weighted by atomic mass is 10.5. The lowest BCUT2D eigenvalue weighted by Gasteiger charge is -1.81. The number of H-pyrrole nitrogens is 1.